The second-order valence-electron chi connectivity index (χ2n) is 11.1. The van der Waals surface area contributed by atoms with Gasteiger partial charge in [-0.3, -0.25) is 4.79 Å². The third-order valence-corrected chi connectivity index (χ3v) is 7.93. The van der Waals surface area contributed by atoms with Crippen molar-refractivity contribution >= 4 is 34.0 Å². The van der Waals surface area contributed by atoms with E-state index in [1.807, 2.05) is 35.2 Å². The molecule has 0 radical (unpaired) electrons. The molecule has 9 heteroatoms. The van der Waals surface area contributed by atoms with Crippen molar-refractivity contribution in [1.29, 1.82) is 0 Å². The smallest absolute Gasteiger partial charge is 0.195 e. The van der Waals surface area contributed by atoms with Crippen molar-refractivity contribution in [3.8, 4) is 11.8 Å². The van der Waals surface area contributed by atoms with Crippen LogP contribution < -0.4 is 5.73 Å². The average molecular weight is 528 g/mol. The van der Waals surface area contributed by atoms with Crippen molar-refractivity contribution in [2.75, 3.05) is 25.9 Å². The van der Waals surface area contributed by atoms with E-state index in [1.54, 1.807) is 0 Å². The Labute approximate surface area is 227 Å². The first kappa shape index (κ1) is 26.0. The van der Waals surface area contributed by atoms with Crippen molar-refractivity contribution < 1.29 is 4.79 Å². The molecule has 0 aliphatic carbocycles. The Balaban J connectivity index is 1.43. The number of fused-ring (bicyclic) bond motifs is 1. The largest absolute Gasteiger partial charge is 0.383 e. The number of likely N-dealkylation sites (tertiary alicyclic amines) is 1. The van der Waals surface area contributed by atoms with Gasteiger partial charge in [0.1, 0.15) is 17.8 Å². The fraction of sp³-hybridized carbons (Fsp3) is 0.414. The summed E-state index contributed by atoms with van der Waals surface area (Å²) in [6.45, 7) is 10.3. The van der Waals surface area contributed by atoms with Crippen molar-refractivity contribution in [2.24, 2.45) is 0 Å². The molecule has 0 atom stereocenters. The maximum atomic E-state index is 13.0. The summed E-state index contributed by atoms with van der Waals surface area (Å²) in [5, 5.41) is 8.07. The lowest BCUT2D eigenvalue weighted by atomic mass is 9.93. The van der Waals surface area contributed by atoms with Crippen LogP contribution in [0.15, 0.2) is 29.9 Å². The van der Waals surface area contributed by atoms with Crippen molar-refractivity contribution in [2.45, 2.75) is 58.4 Å². The summed E-state index contributed by atoms with van der Waals surface area (Å²) in [6, 6.07) is 6.21. The van der Waals surface area contributed by atoms with E-state index in [9.17, 15) is 4.79 Å². The molecule has 38 heavy (non-hydrogen) atoms. The predicted molar refractivity (Wildman–Crippen MR) is 152 cm³/mol. The molecule has 1 aromatic carbocycles. The fourth-order valence-corrected chi connectivity index (χ4v) is 5.61. The molecule has 0 amide bonds. The summed E-state index contributed by atoms with van der Waals surface area (Å²) in [7, 11) is 2.14. The molecule has 1 fully saturated rings. The number of nitrogens with zero attached hydrogens (tertiary/aromatic N) is 6. The Hall–Kier alpha value is -3.61. The lowest BCUT2D eigenvalue weighted by Gasteiger charge is -2.29. The Bertz CT molecular complexity index is 1560. The number of rotatable bonds is 4. The van der Waals surface area contributed by atoms with Gasteiger partial charge < -0.3 is 10.6 Å². The van der Waals surface area contributed by atoms with Gasteiger partial charge in [-0.15, -0.1) is 11.3 Å². The number of anilines is 1. The van der Waals surface area contributed by atoms with Gasteiger partial charge in [-0.25, -0.2) is 19.6 Å². The topological polar surface area (TPSA) is 103 Å². The number of piperidine rings is 1. The second-order valence-corrected chi connectivity index (χ2v) is 11.9. The zero-order chi connectivity index (χ0) is 27.0. The van der Waals surface area contributed by atoms with Gasteiger partial charge in [0.15, 0.2) is 16.4 Å². The van der Waals surface area contributed by atoms with Crippen LogP contribution in [0, 0.1) is 18.8 Å². The Morgan fingerprint density at radius 3 is 2.66 bits per heavy atom. The second kappa shape index (κ2) is 10.3. The maximum absolute atomic E-state index is 13.0. The van der Waals surface area contributed by atoms with Crippen LogP contribution in [0.1, 0.15) is 77.5 Å². The first-order chi connectivity index (χ1) is 18.1. The summed E-state index contributed by atoms with van der Waals surface area (Å²) in [6.07, 6.45) is 3.76. The summed E-state index contributed by atoms with van der Waals surface area (Å²) in [5.74, 6) is 6.92. The standard InChI is InChI=1S/C29H33N7OS/c1-18-6-7-19(15-23(37)28-33-24(16-38-28)29(2,3)4)14-20(18)8-9-22-25-26(30)31-17-32-27(25)36(34-22)21-10-12-35(5)13-11-21/h6-7,14,16-17,21H,10-13,15H2,1-5H3,(H2,30,31,32). The minimum Gasteiger partial charge on any atom is -0.383 e. The molecule has 5 rings (SSSR count). The molecule has 1 aliphatic heterocycles. The molecule has 2 N–H and O–H groups in total. The van der Waals surface area contributed by atoms with Gasteiger partial charge in [0, 0.05) is 22.8 Å². The monoisotopic (exact) mass is 527 g/mol. The number of hydrogen-bond acceptors (Lipinski definition) is 8. The minimum absolute atomic E-state index is 0.0149. The molecule has 0 spiro atoms. The summed E-state index contributed by atoms with van der Waals surface area (Å²) >= 11 is 1.41. The highest BCUT2D eigenvalue weighted by molar-refractivity contribution is 7.11. The zero-order valence-corrected chi connectivity index (χ0v) is 23.4. The Morgan fingerprint density at radius 2 is 1.95 bits per heavy atom. The number of hydrogen-bond donors (Lipinski definition) is 1. The highest BCUT2D eigenvalue weighted by Gasteiger charge is 2.24. The number of aromatic nitrogens is 5. The van der Waals surface area contributed by atoms with Crippen LogP contribution >= 0.6 is 11.3 Å². The normalized spacial score (nSPS) is 15.0. The third-order valence-electron chi connectivity index (χ3n) is 7.05. The molecule has 1 saturated heterocycles. The summed E-state index contributed by atoms with van der Waals surface area (Å²) < 4.78 is 1.98. The number of thiazole rings is 1. The van der Waals surface area contributed by atoms with Crippen molar-refractivity contribution in [3.05, 3.63) is 63.0 Å². The van der Waals surface area contributed by atoms with Crippen LogP contribution in [0.4, 0.5) is 5.82 Å². The van der Waals surface area contributed by atoms with Crippen molar-refractivity contribution in [3.63, 3.8) is 0 Å². The number of carbonyl (C=O) groups is 1. The van der Waals surface area contributed by atoms with Gasteiger partial charge in [-0.05, 0) is 63.0 Å². The zero-order valence-electron chi connectivity index (χ0n) is 22.6. The molecule has 196 valence electrons. The third kappa shape index (κ3) is 5.33. The molecule has 0 unspecified atom stereocenters. The van der Waals surface area contributed by atoms with Gasteiger partial charge in [-0.2, -0.15) is 5.10 Å². The molecule has 0 saturated carbocycles. The lowest BCUT2D eigenvalue weighted by molar-refractivity contribution is 0.0992. The molecule has 0 bridgehead atoms. The molecule has 8 nitrogen and oxygen atoms in total. The van der Waals surface area contributed by atoms with Gasteiger partial charge in [0.2, 0.25) is 0 Å². The first-order valence-corrected chi connectivity index (χ1v) is 13.8. The molecule has 3 aromatic heterocycles. The van der Waals surface area contributed by atoms with E-state index in [0.29, 0.717) is 21.9 Å². The maximum Gasteiger partial charge on any atom is 0.195 e. The van der Waals surface area contributed by atoms with Crippen LogP contribution in [-0.2, 0) is 11.8 Å². The molecule has 1 aliphatic rings. The van der Waals surface area contributed by atoms with Gasteiger partial charge in [0.05, 0.1) is 17.1 Å². The highest BCUT2D eigenvalue weighted by atomic mass is 32.1. The van der Waals surface area contributed by atoms with Crippen LogP contribution in [0.25, 0.3) is 11.0 Å². The van der Waals surface area contributed by atoms with Crippen LogP contribution in [0.5, 0.6) is 0 Å². The van der Waals surface area contributed by atoms with Crippen LogP contribution in [0.2, 0.25) is 0 Å². The Morgan fingerprint density at radius 1 is 1.18 bits per heavy atom. The Kier molecular flexibility index (Phi) is 7.03. The fourth-order valence-electron chi connectivity index (χ4n) is 4.62. The quantitative estimate of drug-likeness (QED) is 0.306. The van der Waals surface area contributed by atoms with Crippen LogP contribution in [-0.4, -0.2) is 55.6 Å². The molecular weight excluding hydrogens is 494 g/mol. The lowest BCUT2D eigenvalue weighted by Crippen LogP contribution is -2.32. The predicted octanol–water partition coefficient (Wildman–Crippen LogP) is 4.56. The summed E-state index contributed by atoms with van der Waals surface area (Å²) in [4.78, 5) is 28.6. The van der Waals surface area contributed by atoms with E-state index in [1.165, 1.54) is 17.7 Å². The SMILES string of the molecule is Cc1ccc(CC(=O)c2nc(C(C)(C)C)cs2)cc1C#Cc1nn(C2CCN(C)CC2)c2ncnc(N)c12. The summed E-state index contributed by atoms with van der Waals surface area (Å²) in [5.41, 5.74) is 11.2. The number of aryl methyl sites for hydroxylation is 1. The first-order valence-electron chi connectivity index (χ1n) is 12.9. The number of nitrogen functional groups attached to an aromatic ring is 1. The van der Waals surface area contributed by atoms with Gasteiger partial charge in [-0.1, -0.05) is 38.8 Å². The van der Waals surface area contributed by atoms with Crippen LogP contribution in [0.3, 0.4) is 0 Å². The average Bonchev–Trinajstić information content (AvgIpc) is 3.52. The molecule has 4 aromatic rings. The molecular formula is C29H33N7OS. The van der Waals surface area contributed by atoms with E-state index in [2.05, 4.69) is 59.5 Å². The number of ketones is 1. The van der Waals surface area contributed by atoms with Gasteiger partial charge >= 0.3 is 0 Å². The number of nitrogens with two attached hydrogens (primary N) is 1. The minimum atomic E-state index is -0.0828. The number of benzene rings is 1. The van der Waals surface area contributed by atoms with Gasteiger partial charge in [0.25, 0.3) is 0 Å². The number of carbonyl (C=O) groups excluding carboxylic acids is 1. The highest BCUT2D eigenvalue weighted by Crippen LogP contribution is 2.29. The molecule has 4 heterocycles. The number of Topliss-reactive ketones (excluding diaryl/α,β-unsaturated/α-hetero) is 1. The van der Waals surface area contributed by atoms with Crippen molar-refractivity contribution in [1.82, 2.24) is 29.6 Å². The van der Waals surface area contributed by atoms with E-state index in [-0.39, 0.29) is 23.7 Å². The van der Waals surface area contributed by atoms with E-state index in [4.69, 9.17) is 10.8 Å². The van der Waals surface area contributed by atoms with E-state index in [0.717, 1.165) is 54.0 Å². The van der Waals surface area contributed by atoms with E-state index < -0.39 is 0 Å². The van der Waals surface area contributed by atoms with E-state index >= 15 is 0 Å².